The summed E-state index contributed by atoms with van der Waals surface area (Å²) in [6.45, 7) is 4.69. The summed E-state index contributed by atoms with van der Waals surface area (Å²) in [4.78, 5) is 20.1. The zero-order valence-electron chi connectivity index (χ0n) is 31.0. The molecule has 3 heterocycles. The van der Waals surface area contributed by atoms with Gasteiger partial charge in [-0.25, -0.2) is 15.0 Å². The van der Waals surface area contributed by atoms with Crippen LogP contribution < -0.4 is 0 Å². The molecule has 0 fully saturated rings. The summed E-state index contributed by atoms with van der Waals surface area (Å²) in [7, 11) is 0. The van der Waals surface area contributed by atoms with Crippen LogP contribution in [0.2, 0.25) is 0 Å². The maximum absolute atomic E-state index is 5.19. The molecule has 0 aliphatic heterocycles. The average Bonchev–Trinajstić information content (AvgIpc) is 3.70. The Morgan fingerprint density at radius 2 is 1.02 bits per heavy atom. The fourth-order valence-corrected chi connectivity index (χ4v) is 8.75. The molecule has 0 spiro atoms. The smallest absolute Gasteiger partial charge is 0.164 e. The number of rotatable bonds is 5. The first-order valence-corrected chi connectivity index (χ1v) is 19.0. The number of fused-ring (bicyclic) bond motifs is 7. The maximum Gasteiger partial charge on any atom is 0.164 e. The molecule has 0 atom stereocenters. The Bertz CT molecular complexity index is 3100. The highest BCUT2D eigenvalue weighted by Gasteiger charge is 2.36. The third-order valence-corrected chi connectivity index (χ3v) is 11.5. The molecule has 0 radical (unpaired) electrons. The molecular formula is C51H35N5. The molecular weight excluding hydrogens is 683 g/mol. The molecule has 1 aliphatic carbocycles. The molecule has 5 nitrogen and oxygen atoms in total. The van der Waals surface area contributed by atoms with Gasteiger partial charge in [-0.1, -0.05) is 141 Å². The molecule has 3 aromatic heterocycles. The average molecular weight is 718 g/mol. The van der Waals surface area contributed by atoms with Gasteiger partial charge in [-0.3, -0.25) is 4.98 Å². The Morgan fingerprint density at radius 3 is 1.77 bits per heavy atom. The SMILES string of the molecule is CC1(C)c2ccccc2-c2cc3c4ccccc4n(-c4cc(-c5nc(-c6ccccc6)nc(-c6ccccc6)n5)cc(-c5cncc6ccccc56)c4)c3cc21. The summed E-state index contributed by atoms with van der Waals surface area (Å²) >= 11 is 0. The van der Waals surface area contributed by atoms with Gasteiger partial charge in [0.15, 0.2) is 17.5 Å². The topological polar surface area (TPSA) is 56.5 Å². The highest BCUT2D eigenvalue weighted by atomic mass is 15.0. The largest absolute Gasteiger partial charge is 0.309 e. The molecule has 56 heavy (non-hydrogen) atoms. The van der Waals surface area contributed by atoms with Crippen molar-refractivity contribution in [2.75, 3.05) is 0 Å². The second-order valence-corrected chi connectivity index (χ2v) is 15.2. The Morgan fingerprint density at radius 1 is 0.411 bits per heavy atom. The molecule has 1 aliphatic rings. The Hall–Kier alpha value is -7.24. The fourth-order valence-electron chi connectivity index (χ4n) is 8.75. The Balaban J connectivity index is 1.22. The first kappa shape index (κ1) is 32.2. The lowest BCUT2D eigenvalue weighted by molar-refractivity contribution is 0.661. The van der Waals surface area contributed by atoms with Crippen molar-refractivity contribution < 1.29 is 0 Å². The first-order valence-electron chi connectivity index (χ1n) is 19.0. The van der Waals surface area contributed by atoms with Crippen LogP contribution in [-0.4, -0.2) is 24.5 Å². The van der Waals surface area contributed by atoms with Crippen LogP contribution in [0.3, 0.4) is 0 Å². The van der Waals surface area contributed by atoms with Gasteiger partial charge in [0.2, 0.25) is 0 Å². The minimum Gasteiger partial charge on any atom is -0.309 e. The van der Waals surface area contributed by atoms with Crippen molar-refractivity contribution in [1.29, 1.82) is 0 Å². The van der Waals surface area contributed by atoms with Gasteiger partial charge in [0.25, 0.3) is 0 Å². The van der Waals surface area contributed by atoms with E-state index in [9.17, 15) is 0 Å². The van der Waals surface area contributed by atoms with Gasteiger partial charge in [0.05, 0.1) is 11.0 Å². The highest BCUT2D eigenvalue weighted by Crippen LogP contribution is 2.51. The van der Waals surface area contributed by atoms with E-state index in [-0.39, 0.29) is 5.41 Å². The molecule has 0 unspecified atom stereocenters. The van der Waals surface area contributed by atoms with E-state index in [1.165, 1.54) is 33.0 Å². The van der Waals surface area contributed by atoms with Crippen molar-refractivity contribution in [3.63, 3.8) is 0 Å². The lowest BCUT2D eigenvalue weighted by atomic mass is 9.82. The van der Waals surface area contributed by atoms with Gasteiger partial charge >= 0.3 is 0 Å². The van der Waals surface area contributed by atoms with Crippen LogP contribution in [0.5, 0.6) is 0 Å². The van der Waals surface area contributed by atoms with E-state index < -0.39 is 0 Å². The number of hydrogen-bond donors (Lipinski definition) is 0. The molecule has 7 aromatic carbocycles. The standard InChI is InChI=1S/C51H35N5/c1-51(2)44-23-13-11-21-39(44)41-28-42-40-22-12-14-24-46(40)56(47(42)29-45(41)51)37-26-35(43-31-52-30-34-19-9-10-20-38(34)43)25-36(27-37)50-54-48(32-15-5-3-6-16-32)53-49(55-50)33-17-7-4-8-18-33/h3-31H,1-2H3. The van der Waals surface area contributed by atoms with Gasteiger partial charge < -0.3 is 4.57 Å². The van der Waals surface area contributed by atoms with E-state index in [1.807, 2.05) is 73.1 Å². The molecule has 264 valence electrons. The number of nitrogens with zero attached hydrogens (tertiary/aromatic N) is 5. The van der Waals surface area contributed by atoms with Crippen LogP contribution >= 0.6 is 0 Å². The van der Waals surface area contributed by atoms with Gasteiger partial charge in [-0.2, -0.15) is 0 Å². The molecule has 0 amide bonds. The second-order valence-electron chi connectivity index (χ2n) is 15.2. The maximum atomic E-state index is 5.19. The minimum atomic E-state index is -0.143. The molecule has 5 heteroatoms. The first-order chi connectivity index (χ1) is 27.5. The predicted molar refractivity (Wildman–Crippen MR) is 229 cm³/mol. The summed E-state index contributed by atoms with van der Waals surface area (Å²) < 4.78 is 2.42. The van der Waals surface area contributed by atoms with E-state index >= 15 is 0 Å². The van der Waals surface area contributed by atoms with E-state index in [4.69, 9.17) is 19.9 Å². The van der Waals surface area contributed by atoms with Crippen molar-refractivity contribution in [2.24, 2.45) is 0 Å². The highest BCUT2D eigenvalue weighted by molar-refractivity contribution is 6.12. The van der Waals surface area contributed by atoms with Gasteiger partial charge in [-0.05, 0) is 69.6 Å². The second kappa shape index (κ2) is 12.4. The summed E-state index contributed by atoms with van der Waals surface area (Å²) in [5.41, 5.74) is 13.3. The Kier molecular flexibility index (Phi) is 7.13. The van der Waals surface area contributed by atoms with Gasteiger partial charge in [0.1, 0.15) is 0 Å². The number of hydrogen-bond acceptors (Lipinski definition) is 4. The zero-order chi connectivity index (χ0) is 37.4. The third kappa shape index (κ3) is 5.01. The summed E-state index contributed by atoms with van der Waals surface area (Å²) in [5.74, 6) is 1.86. The normalized spacial score (nSPS) is 13.0. The Labute approximate surface area is 324 Å². The molecule has 0 saturated carbocycles. The van der Waals surface area contributed by atoms with Crippen LogP contribution in [0.1, 0.15) is 25.0 Å². The van der Waals surface area contributed by atoms with E-state index in [0.717, 1.165) is 55.3 Å². The van der Waals surface area contributed by atoms with Crippen molar-refractivity contribution in [2.45, 2.75) is 19.3 Å². The van der Waals surface area contributed by atoms with Crippen LogP contribution in [0.15, 0.2) is 176 Å². The number of para-hydroxylation sites is 1. The lowest BCUT2D eigenvalue weighted by Crippen LogP contribution is -2.15. The number of pyridine rings is 1. The molecule has 0 saturated heterocycles. The van der Waals surface area contributed by atoms with E-state index in [1.54, 1.807) is 0 Å². The van der Waals surface area contributed by atoms with Crippen molar-refractivity contribution in [3.05, 3.63) is 187 Å². The molecule has 0 bridgehead atoms. The van der Waals surface area contributed by atoms with E-state index in [2.05, 4.69) is 122 Å². The van der Waals surface area contributed by atoms with Crippen LogP contribution in [0.4, 0.5) is 0 Å². The van der Waals surface area contributed by atoms with Crippen LogP contribution in [-0.2, 0) is 5.41 Å². The summed E-state index contributed by atoms with van der Waals surface area (Å²) in [5, 5.41) is 4.66. The molecule has 11 rings (SSSR count). The van der Waals surface area contributed by atoms with Gasteiger partial charge in [0, 0.05) is 61.9 Å². The quantitative estimate of drug-likeness (QED) is 0.178. The summed E-state index contributed by atoms with van der Waals surface area (Å²) in [6.07, 6.45) is 3.91. The van der Waals surface area contributed by atoms with Crippen molar-refractivity contribution in [3.8, 4) is 62.1 Å². The predicted octanol–water partition coefficient (Wildman–Crippen LogP) is 12.5. The van der Waals surface area contributed by atoms with Crippen LogP contribution in [0.25, 0.3) is 94.7 Å². The summed E-state index contributed by atoms with van der Waals surface area (Å²) in [6, 6.07) is 57.9. The number of aromatic nitrogens is 5. The fraction of sp³-hybridized carbons (Fsp3) is 0.0588. The molecule has 10 aromatic rings. The lowest BCUT2D eigenvalue weighted by Gasteiger charge is -2.22. The van der Waals surface area contributed by atoms with Crippen LogP contribution in [0, 0.1) is 0 Å². The zero-order valence-corrected chi connectivity index (χ0v) is 31.0. The third-order valence-electron chi connectivity index (χ3n) is 11.5. The van der Waals surface area contributed by atoms with E-state index in [0.29, 0.717) is 17.5 Å². The number of benzene rings is 7. The molecule has 0 N–H and O–H groups in total. The van der Waals surface area contributed by atoms with Crippen molar-refractivity contribution in [1.82, 2.24) is 24.5 Å². The van der Waals surface area contributed by atoms with Crippen molar-refractivity contribution >= 4 is 32.6 Å². The minimum absolute atomic E-state index is 0.143. The van der Waals surface area contributed by atoms with Gasteiger partial charge in [-0.15, -0.1) is 0 Å². The monoisotopic (exact) mass is 717 g/mol.